The van der Waals surface area contributed by atoms with Gasteiger partial charge < -0.3 is 15.3 Å². The number of nitrogens with one attached hydrogen (secondary N) is 1. The number of hydrogen-bond acceptors (Lipinski definition) is 3. The Morgan fingerprint density at radius 1 is 1.04 bits per heavy atom. The van der Waals surface area contributed by atoms with Crippen molar-refractivity contribution in [3.8, 4) is 0 Å². The summed E-state index contributed by atoms with van der Waals surface area (Å²) in [5.74, 6) is 0. The Kier molecular flexibility index (Phi) is 7.75. The van der Waals surface area contributed by atoms with Gasteiger partial charge in [-0.25, -0.2) is 0 Å². The summed E-state index contributed by atoms with van der Waals surface area (Å²) in [7, 11) is 0. The lowest BCUT2D eigenvalue weighted by atomic mass is 9.99. The standard InChI is InChI=1S/C16H26N2.C5H12O.H2/c1-13(17-16(2,3)4)14-7-9-15(10-8-14)18-11-5-6-12-18;1-5(2,3)4-6;/h7-10,13,17H,5-6,11-12H2,1-4H3;6H,4H2,1-3H3;1H. The minimum Gasteiger partial charge on any atom is -0.396 e. The van der Waals surface area contributed by atoms with Gasteiger partial charge in [-0.2, -0.15) is 0 Å². The summed E-state index contributed by atoms with van der Waals surface area (Å²) in [5.41, 5.74) is 3.00. The fourth-order valence-electron chi connectivity index (χ4n) is 2.68. The first kappa shape index (κ1) is 21.0. The summed E-state index contributed by atoms with van der Waals surface area (Å²) in [6.45, 7) is 17.5. The van der Waals surface area contributed by atoms with Crippen LogP contribution in [0.25, 0.3) is 0 Å². The third kappa shape index (κ3) is 8.16. The van der Waals surface area contributed by atoms with Crippen LogP contribution in [0.15, 0.2) is 24.3 Å². The summed E-state index contributed by atoms with van der Waals surface area (Å²) in [6, 6.07) is 9.45. The maximum Gasteiger partial charge on any atom is 0.0479 e. The first-order valence-corrected chi connectivity index (χ1v) is 9.25. The summed E-state index contributed by atoms with van der Waals surface area (Å²) in [4.78, 5) is 2.48. The highest BCUT2D eigenvalue weighted by Gasteiger charge is 2.16. The minimum absolute atomic E-state index is 0. The van der Waals surface area contributed by atoms with E-state index in [1.165, 1.54) is 37.2 Å². The van der Waals surface area contributed by atoms with E-state index >= 15 is 0 Å². The molecule has 1 aliphatic heterocycles. The normalized spacial score (nSPS) is 16.6. The Balaban J connectivity index is 0.000000715. The highest BCUT2D eigenvalue weighted by atomic mass is 16.3. The molecule has 1 heterocycles. The van der Waals surface area contributed by atoms with Gasteiger partial charge in [-0.1, -0.05) is 32.9 Å². The highest BCUT2D eigenvalue weighted by Crippen LogP contribution is 2.23. The molecule has 1 aromatic carbocycles. The Morgan fingerprint density at radius 3 is 1.88 bits per heavy atom. The number of aliphatic hydroxyl groups excluding tert-OH is 1. The molecule has 0 spiro atoms. The molecule has 3 nitrogen and oxygen atoms in total. The molecular formula is C21H40N2O. The molecule has 1 atom stereocenters. The molecule has 1 unspecified atom stereocenters. The average Bonchev–Trinajstić information content (AvgIpc) is 3.00. The quantitative estimate of drug-likeness (QED) is 0.814. The topological polar surface area (TPSA) is 35.5 Å². The fourth-order valence-corrected chi connectivity index (χ4v) is 2.68. The SMILES string of the molecule is CC(C)(C)CO.CC(NC(C)(C)C)c1ccc(N2CCCC2)cc1.[HH]. The Hall–Kier alpha value is -1.06. The number of rotatable bonds is 3. The smallest absolute Gasteiger partial charge is 0.0479 e. The molecule has 0 amide bonds. The van der Waals surface area contributed by atoms with Crippen LogP contribution in [0.5, 0.6) is 0 Å². The zero-order chi connectivity index (χ0) is 18.4. The van der Waals surface area contributed by atoms with Crippen molar-refractivity contribution >= 4 is 5.69 Å². The molecule has 0 radical (unpaired) electrons. The molecule has 1 fully saturated rings. The van der Waals surface area contributed by atoms with E-state index in [-0.39, 0.29) is 19.0 Å². The lowest BCUT2D eigenvalue weighted by Crippen LogP contribution is -2.37. The third-order valence-electron chi connectivity index (χ3n) is 3.99. The van der Waals surface area contributed by atoms with Gasteiger partial charge in [-0.3, -0.25) is 0 Å². The van der Waals surface area contributed by atoms with Crippen LogP contribution in [0.4, 0.5) is 5.69 Å². The molecule has 1 saturated heterocycles. The van der Waals surface area contributed by atoms with Crippen molar-refractivity contribution in [2.24, 2.45) is 5.41 Å². The van der Waals surface area contributed by atoms with Gasteiger partial charge in [0, 0.05) is 38.4 Å². The maximum atomic E-state index is 8.40. The second kappa shape index (κ2) is 8.87. The molecule has 1 aromatic rings. The summed E-state index contributed by atoms with van der Waals surface area (Å²) in [6.07, 6.45) is 2.67. The van der Waals surface area contributed by atoms with Crippen LogP contribution < -0.4 is 10.2 Å². The molecule has 140 valence electrons. The summed E-state index contributed by atoms with van der Waals surface area (Å²) in [5, 5.41) is 12.0. The van der Waals surface area contributed by atoms with E-state index in [4.69, 9.17) is 5.11 Å². The van der Waals surface area contributed by atoms with Crippen LogP contribution in [-0.4, -0.2) is 30.3 Å². The van der Waals surface area contributed by atoms with Crippen molar-refractivity contribution in [1.29, 1.82) is 0 Å². The van der Waals surface area contributed by atoms with Crippen molar-refractivity contribution in [2.45, 2.75) is 72.9 Å². The van der Waals surface area contributed by atoms with E-state index in [2.05, 4.69) is 62.2 Å². The number of aliphatic hydroxyl groups is 1. The Labute approximate surface area is 150 Å². The fraction of sp³-hybridized carbons (Fsp3) is 0.714. The van der Waals surface area contributed by atoms with Gasteiger partial charge in [-0.05, 0) is 63.6 Å². The van der Waals surface area contributed by atoms with Gasteiger partial charge >= 0.3 is 0 Å². The van der Waals surface area contributed by atoms with Gasteiger partial charge in [-0.15, -0.1) is 0 Å². The van der Waals surface area contributed by atoms with E-state index in [1.807, 2.05) is 20.8 Å². The Morgan fingerprint density at radius 2 is 1.50 bits per heavy atom. The number of hydrogen-bond donors (Lipinski definition) is 2. The van der Waals surface area contributed by atoms with Gasteiger partial charge in [0.1, 0.15) is 0 Å². The van der Waals surface area contributed by atoms with Crippen LogP contribution >= 0.6 is 0 Å². The molecule has 3 heteroatoms. The van der Waals surface area contributed by atoms with Crippen molar-refractivity contribution in [3.05, 3.63) is 29.8 Å². The lowest BCUT2D eigenvalue weighted by molar-refractivity contribution is 0.177. The van der Waals surface area contributed by atoms with Crippen molar-refractivity contribution in [3.63, 3.8) is 0 Å². The van der Waals surface area contributed by atoms with Crippen LogP contribution in [0.1, 0.15) is 74.3 Å². The molecule has 0 aromatic heterocycles. The summed E-state index contributed by atoms with van der Waals surface area (Å²) < 4.78 is 0. The molecule has 2 N–H and O–H groups in total. The summed E-state index contributed by atoms with van der Waals surface area (Å²) >= 11 is 0. The van der Waals surface area contributed by atoms with Crippen molar-refractivity contribution < 1.29 is 6.53 Å². The second-order valence-corrected chi connectivity index (χ2v) is 9.12. The third-order valence-corrected chi connectivity index (χ3v) is 3.99. The van der Waals surface area contributed by atoms with Gasteiger partial charge in [0.2, 0.25) is 0 Å². The number of benzene rings is 1. The van der Waals surface area contributed by atoms with Crippen molar-refractivity contribution in [1.82, 2.24) is 5.32 Å². The zero-order valence-corrected chi connectivity index (χ0v) is 16.8. The lowest BCUT2D eigenvalue weighted by Gasteiger charge is -2.27. The molecule has 24 heavy (non-hydrogen) atoms. The molecule has 0 aliphatic carbocycles. The maximum absolute atomic E-state index is 8.40. The van der Waals surface area contributed by atoms with Gasteiger partial charge in [0.05, 0.1) is 0 Å². The van der Waals surface area contributed by atoms with Crippen LogP contribution in [0.3, 0.4) is 0 Å². The predicted molar refractivity (Wildman–Crippen MR) is 108 cm³/mol. The van der Waals surface area contributed by atoms with Crippen LogP contribution in [-0.2, 0) is 0 Å². The number of anilines is 1. The van der Waals surface area contributed by atoms with Crippen LogP contribution in [0.2, 0.25) is 0 Å². The molecule has 1 aliphatic rings. The van der Waals surface area contributed by atoms with E-state index in [0.29, 0.717) is 6.04 Å². The molecule has 2 rings (SSSR count). The zero-order valence-electron chi connectivity index (χ0n) is 16.8. The van der Waals surface area contributed by atoms with E-state index in [1.54, 1.807) is 0 Å². The number of nitrogens with zero attached hydrogens (tertiary/aromatic N) is 1. The van der Waals surface area contributed by atoms with E-state index in [9.17, 15) is 0 Å². The van der Waals surface area contributed by atoms with Gasteiger partial charge in [0.15, 0.2) is 0 Å². The molecular weight excluding hydrogens is 296 g/mol. The first-order chi connectivity index (χ1) is 11.0. The molecule has 0 saturated carbocycles. The van der Waals surface area contributed by atoms with Crippen molar-refractivity contribution in [2.75, 3.05) is 24.6 Å². The highest BCUT2D eigenvalue weighted by molar-refractivity contribution is 5.48. The second-order valence-electron chi connectivity index (χ2n) is 9.12. The largest absolute Gasteiger partial charge is 0.396 e. The van der Waals surface area contributed by atoms with Crippen LogP contribution in [0, 0.1) is 5.41 Å². The first-order valence-electron chi connectivity index (χ1n) is 9.25. The van der Waals surface area contributed by atoms with E-state index < -0.39 is 0 Å². The predicted octanol–water partition coefficient (Wildman–Crippen LogP) is 5.01. The van der Waals surface area contributed by atoms with Gasteiger partial charge in [0.25, 0.3) is 0 Å². The average molecular weight is 337 g/mol. The minimum atomic E-state index is 0. The Bertz CT molecular complexity index is 468. The monoisotopic (exact) mass is 336 g/mol. The van der Waals surface area contributed by atoms with E-state index in [0.717, 1.165) is 0 Å². The molecule has 0 bridgehead atoms.